The van der Waals surface area contributed by atoms with Gasteiger partial charge in [-0.2, -0.15) is 0 Å². The third kappa shape index (κ3) is 3.39. The molecule has 0 spiro atoms. The number of rotatable bonds is 4. The molecule has 0 heterocycles. The lowest BCUT2D eigenvalue weighted by atomic mass is 10.3. The quantitative estimate of drug-likeness (QED) is 0.463. The maximum absolute atomic E-state index is 10.5. The van der Waals surface area contributed by atoms with Crippen molar-refractivity contribution in [2.24, 2.45) is 0 Å². The first-order valence-corrected chi connectivity index (χ1v) is 6.96. The number of benzene rings is 2. The van der Waals surface area contributed by atoms with Crippen LogP contribution in [0, 0.1) is 10.1 Å². The fourth-order valence-electron chi connectivity index (χ4n) is 1.45. The average molecular weight is 296 g/mol. The van der Waals surface area contributed by atoms with Gasteiger partial charge in [-0.25, -0.2) is 0 Å². The van der Waals surface area contributed by atoms with E-state index in [4.69, 9.17) is 16.3 Å². The van der Waals surface area contributed by atoms with Gasteiger partial charge in [-0.05, 0) is 36.6 Å². The molecule has 0 aromatic heterocycles. The number of hydrogen-bond donors (Lipinski definition) is 0. The Morgan fingerprint density at radius 1 is 1.21 bits per heavy atom. The Hall–Kier alpha value is -1.72. The van der Waals surface area contributed by atoms with E-state index in [9.17, 15) is 10.1 Å². The van der Waals surface area contributed by atoms with Crippen molar-refractivity contribution in [2.45, 2.75) is 4.90 Å². The number of halogens is 1. The molecule has 2 aromatic rings. The van der Waals surface area contributed by atoms with Gasteiger partial charge in [0, 0.05) is 17.0 Å². The van der Waals surface area contributed by atoms with Crippen LogP contribution < -0.4 is 4.74 Å². The summed E-state index contributed by atoms with van der Waals surface area (Å²) in [5.74, 6) is 1.03. The highest BCUT2D eigenvalue weighted by Gasteiger charge is 2.07. The van der Waals surface area contributed by atoms with Crippen LogP contribution in [0.15, 0.2) is 47.4 Å². The van der Waals surface area contributed by atoms with Gasteiger partial charge in [-0.1, -0.05) is 11.6 Å². The second-order valence-electron chi connectivity index (χ2n) is 3.65. The van der Waals surface area contributed by atoms with Gasteiger partial charge >= 0.3 is 0 Å². The largest absolute Gasteiger partial charge is 0.456 e. The molecule has 2 aromatic carbocycles. The summed E-state index contributed by atoms with van der Waals surface area (Å²) in [6.45, 7) is 0. The number of ether oxygens (including phenoxy) is 1. The molecular weight excluding hydrogens is 286 g/mol. The fraction of sp³-hybridized carbons (Fsp3) is 0.0769. The van der Waals surface area contributed by atoms with Crippen LogP contribution in [0.25, 0.3) is 0 Å². The third-order valence-electron chi connectivity index (χ3n) is 2.41. The maximum Gasteiger partial charge on any atom is 0.269 e. The van der Waals surface area contributed by atoms with Crippen LogP contribution in [0.5, 0.6) is 11.5 Å². The van der Waals surface area contributed by atoms with Crippen molar-refractivity contribution in [3.05, 3.63) is 57.6 Å². The smallest absolute Gasteiger partial charge is 0.269 e. The zero-order valence-electron chi connectivity index (χ0n) is 10.00. The Kier molecular flexibility index (Phi) is 4.29. The SMILES string of the molecule is CSc1ccc(Oc2ccc([N+](=O)[O-])cc2)c(Cl)c1. The van der Waals surface area contributed by atoms with Gasteiger partial charge in [0.15, 0.2) is 0 Å². The standard InChI is InChI=1S/C13H10ClNO3S/c1-19-11-6-7-13(12(14)8-11)18-10-4-2-9(3-5-10)15(16)17/h2-8H,1H3. The van der Waals surface area contributed by atoms with Crippen molar-refractivity contribution in [1.82, 2.24) is 0 Å². The van der Waals surface area contributed by atoms with Crippen LogP contribution in [-0.4, -0.2) is 11.2 Å². The summed E-state index contributed by atoms with van der Waals surface area (Å²) in [7, 11) is 0. The van der Waals surface area contributed by atoms with E-state index in [0.717, 1.165) is 4.90 Å². The van der Waals surface area contributed by atoms with E-state index in [2.05, 4.69) is 0 Å². The molecule has 0 N–H and O–H groups in total. The van der Waals surface area contributed by atoms with Gasteiger partial charge in [0.05, 0.1) is 9.95 Å². The zero-order valence-corrected chi connectivity index (χ0v) is 11.6. The van der Waals surface area contributed by atoms with E-state index in [0.29, 0.717) is 16.5 Å². The van der Waals surface area contributed by atoms with Crippen molar-refractivity contribution in [3.63, 3.8) is 0 Å². The topological polar surface area (TPSA) is 52.4 Å². The Balaban J connectivity index is 2.19. The lowest BCUT2D eigenvalue weighted by Crippen LogP contribution is -1.89. The Morgan fingerprint density at radius 2 is 1.89 bits per heavy atom. The molecule has 2 rings (SSSR count). The van der Waals surface area contributed by atoms with Crippen LogP contribution in [0.3, 0.4) is 0 Å². The van der Waals surface area contributed by atoms with Gasteiger partial charge < -0.3 is 4.74 Å². The van der Waals surface area contributed by atoms with Gasteiger partial charge in [-0.3, -0.25) is 10.1 Å². The second kappa shape index (κ2) is 5.95. The summed E-state index contributed by atoms with van der Waals surface area (Å²) in [5.41, 5.74) is 0.0242. The highest BCUT2D eigenvalue weighted by molar-refractivity contribution is 7.98. The van der Waals surface area contributed by atoms with E-state index in [1.54, 1.807) is 17.8 Å². The first kappa shape index (κ1) is 13.7. The number of non-ortho nitro benzene ring substituents is 1. The van der Waals surface area contributed by atoms with Crippen LogP contribution in [-0.2, 0) is 0 Å². The van der Waals surface area contributed by atoms with Gasteiger partial charge in [0.2, 0.25) is 0 Å². The minimum atomic E-state index is -0.454. The zero-order chi connectivity index (χ0) is 13.8. The van der Waals surface area contributed by atoms with E-state index >= 15 is 0 Å². The molecule has 0 atom stereocenters. The summed E-state index contributed by atoms with van der Waals surface area (Å²) in [6.07, 6.45) is 1.96. The Bertz CT molecular complexity index is 601. The average Bonchev–Trinajstić information content (AvgIpc) is 2.41. The number of nitrogens with zero attached hydrogens (tertiary/aromatic N) is 1. The van der Waals surface area contributed by atoms with E-state index in [1.165, 1.54) is 24.3 Å². The van der Waals surface area contributed by atoms with Gasteiger partial charge in [0.25, 0.3) is 5.69 Å². The van der Waals surface area contributed by atoms with Crippen molar-refractivity contribution in [2.75, 3.05) is 6.26 Å². The lowest BCUT2D eigenvalue weighted by Gasteiger charge is -2.08. The second-order valence-corrected chi connectivity index (χ2v) is 4.94. The maximum atomic E-state index is 10.5. The van der Waals surface area contributed by atoms with Crippen molar-refractivity contribution in [3.8, 4) is 11.5 Å². The molecule has 6 heteroatoms. The Labute approximate surface area is 119 Å². The summed E-state index contributed by atoms with van der Waals surface area (Å²) in [4.78, 5) is 11.1. The molecule has 98 valence electrons. The molecular formula is C13H10ClNO3S. The lowest BCUT2D eigenvalue weighted by molar-refractivity contribution is -0.384. The van der Waals surface area contributed by atoms with E-state index < -0.39 is 4.92 Å². The molecule has 0 amide bonds. The van der Waals surface area contributed by atoms with Crippen LogP contribution in [0.1, 0.15) is 0 Å². The van der Waals surface area contributed by atoms with Crippen LogP contribution in [0.2, 0.25) is 5.02 Å². The monoisotopic (exact) mass is 295 g/mol. The molecule has 0 aliphatic rings. The summed E-state index contributed by atoms with van der Waals surface area (Å²) < 4.78 is 5.58. The molecule has 0 aliphatic heterocycles. The predicted octanol–water partition coefficient (Wildman–Crippen LogP) is 4.76. The first-order valence-electron chi connectivity index (χ1n) is 5.36. The molecule has 0 bridgehead atoms. The highest BCUT2D eigenvalue weighted by atomic mass is 35.5. The fourth-order valence-corrected chi connectivity index (χ4v) is 2.18. The van der Waals surface area contributed by atoms with Crippen molar-refractivity contribution < 1.29 is 9.66 Å². The summed E-state index contributed by atoms with van der Waals surface area (Å²) >= 11 is 7.68. The minimum Gasteiger partial charge on any atom is -0.456 e. The molecule has 0 saturated carbocycles. The molecule has 0 saturated heterocycles. The summed E-state index contributed by atoms with van der Waals surface area (Å²) in [5, 5.41) is 11.0. The number of nitro benzene ring substituents is 1. The normalized spacial score (nSPS) is 10.2. The summed E-state index contributed by atoms with van der Waals surface area (Å²) in [6, 6.07) is 11.3. The van der Waals surface area contributed by atoms with Crippen molar-refractivity contribution in [1.29, 1.82) is 0 Å². The molecule has 0 unspecified atom stereocenters. The van der Waals surface area contributed by atoms with E-state index in [-0.39, 0.29) is 5.69 Å². The van der Waals surface area contributed by atoms with Crippen molar-refractivity contribution >= 4 is 29.1 Å². The molecule has 4 nitrogen and oxygen atoms in total. The molecule has 0 radical (unpaired) electrons. The third-order valence-corrected chi connectivity index (χ3v) is 3.44. The van der Waals surface area contributed by atoms with Gasteiger partial charge in [0.1, 0.15) is 11.5 Å². The van der Waals surface area contributed by atoms with Crippen LogP contribution in [0.4, 0.5) is 5.69 Å². The molecule has 0 fully saturated rings. The highest BCUT2D eigenvalue weighted by Crippen LogP contribution is 2.32. The number of thioether (sulfide) groups is 1. The predicted molar refractivity (Wildman–Crippen MR) is 76.4 cm³/mol. The van der Waals surface area contributed by atoms with Gasteiger partial charge in [-0.15, -0.1) is 11.8 Å². The minimum absolute atomic E-state index is 0.0242. The Morgan fingerprint density at radius 3 is 2.42 bits per heavy atom. The first-order chi connectivity index (χ1) is 9.10. The number of nitro groups is 1. The van der Waals surface area contributed by atoms with Crippen LogP contribution >= 0.6 is 23.4 Å². The molecule has 0 aliphatic carbocycles. The number of hydrogen-bond acceptors (Lipinski definition) is 4. The molecule has 19 heavy (non-hydrogen) atoms. The van der Waals surface area contributed by atoms with E-state index in [1.807, 2.05) is 18.4 Å².